The molecule has 0 aliphatic rings. The Labute approximate surface area is 121 Å². The number of rotatable bonds is 1. The molecule has 0 unspecified atom stereocenters. The molecule has 0 spiro atoms. The molecule has 0 bridgehead atoms. The van der Waals surface area contributed by atoms with Crippen LogP contribution in [0.15, 0.2) is 48.8 Å². The molecule has 0 atom stereocenters. The van der Waals surface area contributed by atoms with Crippen molar-refractivity contribution in [1.82, 2.24) is 9.97 Å². The molecule has 0 radical (unpaired) electrons. The molecule has 3 aromatic rings. The summed E-state index contributed by atoms with van der Waals surface area (Å²) in [6.07, 6.45) is 3.36. The predicted octanol–water partition coefficient (Wildman–Crippen LogP) is 2.63. The highest BCUT2D eigenvalue weighted by Gasteiger charge is 2.00. The predicted molar refractivity (Wildman–Crippen MR) is 79.8 cm³/mol. The van der Waals surface area contributed by atoms with Crippen LogP contribution in [0.2, 0.25) is 0 Å². The fraction of sp³-hybridized carbons (Fsp3) is 0.0588. The van der Waals surface area contributed by atoms with Crippen molar-refractivity contribution in [2.75, 3.05) is 0 Å². The standard InChI is InChI=1S/C17H12FN3/c18-15-8-12(10-19)3-5-14(15)6-4-13-9-17-16(21-11-13)2-1-7-20-17/h1-3,5,7-9,11H,10,19H2. The lowest BCUT2D eigenvalue weighted by molar-refractivity contribution is 0.622. The van der Waals surface area contributed by atoms with Crippen molar-refractivity contribution in [3.63, 3.8) is 0 Å². The maximum absolute atomic E-state index is 13.8. The van der Waals surface area contributed by atoms with Crippen LogP contribution in [-0.4, -0.2) is 9.97 Å². The van der Waals surface area contributed by atoms with E-state index in [0.29, 0.717) is 17.7 Å². The SMILES string of the molecule is NCc1ccc(C#Cc2cnc3cccnc3c2)c(F)c1. The largest absolute Gasteiger partial charge is 0.326 e. The van der Waals surface area contributed by atoms with E-state index < -0.39 is 0 Å². The average molecular weight is 277 g/mol. The Bertz CT molecular complexity index is 863. The molecule has 1 aromatic carbocycles. The van der Waals surface area contributed by atoms with Crippen molar-refractivity contribution in [1.29, 1.82) is 0 Å². The fourth-order valence-corrected chi connectivity index (χ4v) is 1.95. The summed E-state index contributed by atoms with van der Waals surface area (Å²) in [5, 5.41) is 0. The summed E-state index contributed by atoms with van der Waals surface area (Å²) in [6.45, 7) is 0.310. The molecule has 0 aliphatic carbocycles. The van der Waals surface area contributed by atoms with E-state index in [-0.39, 0.29) is 5.82 Å². The van der Waals surface area contributed by atoms with Gasteiger partial charge in [-0.3, -0.25) is 9.97 Å². The van der Waals surface area contributed by atoms with Crippen LogP contribution < -0.4 is 5.73 Å². The molecule has 3 nitrogen and oxygen atoms in total. The number of pyridine rings is 2. The Morgan fingerprint density at radius 1 is 1.05 bits per heavy atom. The van der Waals surface area contributed by atoms with Crippen molar-refractivity contribution in [3.8, 4) is 11.8 Å². The average Bonchev–Trinajstić information content (AvgIpc) is 2.53. The quantitative estimate of drug-likeness (QED) is 0.696. The van der Waals surface area contributed by atoms with Gasteiger partial charge in [-0.05, 0) is 35.9 Å². The third-order valence-electron chi connectivity index (χ3n) is 3.06. The molecule has 3 rings (SSSR count). The second kappa shape index (κ2) is 5.70. The van der Waals surface area contributed by atoms with Crippen molar-refractivity contribution >= 4 is 11.0 Å². The van der Waals surface area contributed by atoms with Gasteiger partial charge in [0.15, 0.2) is 0 Å². The lowest BCUT2D eigenvalue weighted by Crippen LogP contribution is -1.97. The van der Waals surface area contributed by atoms with E-state index in [1.165, 1.54) is 6.07 Å². The van der Waals surface area contributed by atoms with Gasteiger partial charge in [0.1, 0.15) is 5.82 Å². The highest BCUT2D eigenvalue weighted by atomic mass is 19.1. The second-order valence-electron chi connectivity index (χ2n) is 4.53. The number of nitrogens with two attached hydrogens (primary N) is 1. The monoisotopic (exact) mass is 277 g/mol. The van der Waals surface area contributed by atoms with E-state index in [0.717, 1.165) is 16.6 Å². The van der Waals surface area contributed by atoms with E-state index in [1.807, 2.05) is 18.2 Å². The first-order chi connectivity index (χ1) is 10.3. The van der Waals surface area contributed by atoms with E-state index in [1.54, 1.807) is 24.5 Å². The summed E-state index contributed by atoms with van der Waals surface area (Å²) in [7, 11) is 0. The molecule has 0 amide bonds. The molecule has 2 N–H and O–H groups in total. The summed E-state index contributed by atoms with van der Waals surface area (Å²) in [5.41, 5.74) is 8.83. The van der Waals surface area contributed by atoms with Crippen LogP contribution >= 0.6 is 0 Å². The van der Waals surface area contributed by atoms with Gasteiger partial charge in [0, 0.05) is 24.5 Å². The summed E-state index contributed by atoms with van der Waals surface area (Å²) in [4.78, 5) is 8.49. The smallest absolute Gasteiger partial charge is 0.139 e. The van der Waals surface area contributed by atoms with E-state index in [2.05, 4.69) is 21.8 Å². The molecule has 21 heavy (non-hydrogen) atoms. The van der Waals surface area contributed by atoms with E-state index in [9.17, 15) is 4.39 Å². The van der Waals surface area contributed by atoms with Crippen LogP contribution in [0, 0.1) is 17.7 Å². The first kappa shape index (κ1) is 13.2. The number of halogens is 1. The third-order valence-corrected chi connectivity index (χ3v) is 3.06. The molecule has 4 heteroatoms. The number of fused-ring (bicyclic) bond motifs is 1. The van der Waals surface area contributed by atoms with Gasteiger partial charge in [-0.2, -0.15) is 0 Å². The molecular formula is C17H12FN3. The van der Waals surface area contributed by atoms with Crippen molar-refractivity contribution in [3.05, 3.63) is 71.3 Å². The number of hydrogen-bond acceptors (Lipinski definition) is 3. The zero-order valence-corrected chi connectivity index (χ0v) is 11.2. The second-order valence-corrected chi connectivity index (χ2v) is 4.53. The Balaban J connectivity index is 1.95. The van der Waals surface area contributed by atoms with Gasteiger partial charge in [-0.15, -0.1) is 0 Å². The highest BCUT2D eigenvalue weighted by molar-refractivity contribution is 5.75. The number of hydrogen-bond donors (Lipinski definition) is 1. The summed E-state index contributed by atoms with van der Waals surface area (Å²) in [5.74, 6) is 5.36. The van der Waals surface area contributed by atoms with Crippen molar-refractivity contribution in [2.45, 2.75) is 6.54 Å². The molecule has 2 aromatic heterocycles. The number of benzene rings is 1. The first-order valence-corrected chi connectivity index (χ1v) is 6.47. The number of aromatic nitrogens is 2. The Morgan fingerprint density at radius 2 is 1.95 bits per heavy atom. The topological polar surface area (TPSA) is 51.8 Å². The van der Waals surface area contributed by atoms with Gasteiger partial charge in [-0.1, -0.05) is 17.9 Å². The lowest BCUT2D eigenvalue weighted by Gasteiger charge is -1.99. The third kappa shape index (κ3) is 2.88. The Hall–Kier alpha value is -2.77. The maximum atomic E-state index is 13.8. The van der Waals surface area contributed by atoms with Gasteiger partial charge in [0.25, 0.3) is 0 Å². The van der Waals surface area contributed by atoms with Crippen LogP contribution in [0.5, 0.6) is 0 Å². The van der Waals surface area contributed by atoms with Crippen LogP contribution in [0.25, 0.3) is 11.0 Å². The Kier molecular flexibility index (Phi) is 3.59. The minimum atomic E-state index is -0.364. The Morgan fingerprint density at radius 3 is 2.76 bits per heavy atom. The molecule has 102 valence electrons. The summed E-state index contributed by atoms with van der Waals surface area (Å²) < 4.78 is 13.8. The van der Waals surface area contributed by atoms with Gasteiger partial charge >= 0.3 is 0 Å². The van der Waals surface area contributed by atoms with Crippen LogP contribution in [0.3, 0.4) is 0 Å². The van der Waals surface area contributed by atoms with Crippen LogP contribution in [0.4, 0.5) is 4.39 Å². The zero-order chi connectivity index (χ0) is 14.7. The molecule has 0 saturated carbocycles. The summed E-state index contributed by atoms with van der Waals surface area (Å²) >= 11 is 0. The highest BCUT2D eigenvalue weighted by Crippen LogP contribution is 2.11. The minimum absolute atomic E-state index is 0.310. The molecule has 0 aliphatic heterocycles. The molecule has 0 fully saturated rings. The zero-order valence-electron chi connectivity index (χ0n) is 11.2. The van der Waals surface area contributed by atoms with Gasteiger partial charge in [0.05, 0.1) is 16.6 Å². The van der Waals surface area contributed by atoms with Crippen molar-refractivity contribution in [2.24, 2.45) is 5.73 Å². The maximum Gasteiger partial charge on any atom is 0.139 e. The lowest BCUT2D eigenvalue weighted by atomic mass is 10.1. The normalized spacial score (nSPS) is 10.2. The van der Waals surface area contributed by atoms with E-state index >= 15 is 0 Å². The van der Waals surface area contributed by atoms with Gasteiger partial charge < -0.3 is 5.73 Å². The van der Waals surface area contributed by atoms with Gasteiger partial charge in [-0.25, -0.2) is 4.39 Å². The first-order valence-electron chi connectivity index (χ1n) is 6.47. The summed E-state index contributed by atoms with van der Waals surface area (Å²) in [6, 6.07) is 10.4. The molecular weight excluding hydrogens is 265 g/mol. The van der Waals surface area contributed by atoms with Crippen LogP contribution in [-0.2, 0) is 6.54 Å². The van der Waals surface area contributed by atoms with Gasteiger partial charge in [0.2, 0.25) is 0 Å². The van der Waals surface area contributed by atoms with E-state index in [4.69, 9.17) is 5.73 Å². The van der Waals surface area contributed by atoms with Crippen LogP contribution in [0.1, 0.15) is 16.7 Å². The fourth-order valence-electron chi connectivity index (χ4n) is 1.95. The number of nitrogens with zero attached hydrogens (tertiary/aromatic N) is 2. The minimum Gasteiger partial charge on any atom is -0.326 e. The molecule has 0 saturated heterocycles. The van der Waals surface area contributed by atoms with Crippen molar-refractivity contribution < 1.29 is 4.39 Å². The molecule has 2 heterocycles.